The molecule has 0 aliphatic heterocycles. The van der Waals surface area contributed by atoms with Gasteiger partial charge in [-0.3, -0.25) is 0 Å². The Kier molecular flexibility index (Phi) is 3.05. The van der Waals surface area contributed by atoms with Gasteiger partial charge in [-0.2, -0.15) is 5.26 Å². The lowest BCUT2D eigenvalue weighted by Gasteiger charge is -2.05. The van der Waals surface area contributed by atoms with Gasteiger partial charge in [0.05, 0.1) is 17.5 Å². The molecule has 2 aromatic rings. The van der Waals surface area contributed by atoms with Gasteiger partial charge in [0.2, 0.25) is 0 Å². The van der Waals surface area contributed by atoms with Crippen LogP contribution in [0.4, 0.5) is 0 Å². The highest BCUT2D eigenvalue weighted by atomic mass is 35.5. The van der Waals surface area contributed by atoms with Crippen LogP contribution >= 0.6 is 22.9 Å². The normalized spacial score (nSPS) is 12.3. The van der Waals surface area contributed by atoms with Gasteiger partial charge in [0, 0.05) is 12.4 Å². The molecule has 0 saturated heterocycles. The second-order valence-corrected chi connectivity index (χ2v) is 4.45. The van der Waals surface area contributed by atoms with Crippen LogP contribution < -0.4 is 0 Å². The molecule has 15 heavy (non-hydrogen) atoms. The Morgan fingerprint density at radius 2 is 2.53 bits per heavy atom. The molecule has 0 radical (unpaired) electrons. The predicted octanol–water partition coefficient (Wildman–Crippen LogP) is 2.74. The highest BCUT2D eigenvalue weighted by Crippen LogP contribution is 2.23. The SMILES string of the molecule is N#CC(Cl)Cn1ccnc1-c1cccs1. The van der Waals surface area contributed by atoms with E-state index in [1.165, 1.54) is 0 Å². The van der Waals surface area contributed by atoms with Crippen LogP contribution in [0.3, 0.4) is 0 Å². The van der Waals surface area contributed by atoms with E-state index in [0.29, 0.717) is 6.54 Å². The van der Waals surface area contributed by atoms with Gasteiger partial charge < -0.3 is 4.57 Å². The van der Waals surface area contributed by atoms with Gasteiger partial charge in [0.15, 0.2) is 0 Å². The topological polar surface area (TPSA) is 41.6 Å². The summed E-state index contributed by atoms with van der Waals surface area (Å²) in [5, 5.41) is 10.1. The number of halogens is 1. The summed E-state index contributed by atoms with van der Waals surface area (Å²) < 4.78 is 1.90. The molecule has 1 atom stereocenters. The Morgan fingerprint density at radius 3 is 3.20 bits per heavy atom. The molecule has 3 nitrogen and oxygen atoms in total. The monoisotopic (exact) mass is 237 g/mol. The van der Waals surface area contributed by atoms with E-state index in [2.05, 4.69) is 4.98 Å². The second-order valence-electron chi connectivity index (χ2n) is 2.98. The van der Waals surface area contributed by atoms with Gasteiger partial charge in [-0.25, -0.2) is 4.98 Å². The van der Waals surface area contributed by atoms with Crippen molar-refractivity contribution < 1.29 is 0 Å². The number of nitriles is 1. The third kappa shape index (κ3) is 2.20. The quantitative estimate of drug-likeness (QED) is 0.771. The zero-order chi connectivity index (χ0) is 10.7. The average Bonchev–Trinajstić information content (AvgIpc) is 2.86. The van der Waals surface area contributed by atoms with Crippen LogP contribution in [-0.4, -0.2) is 14.9 Å². The zero-order valence-electron chi connectivity index (χ0n) is 7.80. The second kappa shape index (κ2) is 4.47. The van der Waals surface area contributed by atoms with Crippen LogP contribution in [-0.2, 0) is 6.54 Å². The van der Waals surface area contributed by atoms with Crippen molar-refractivity contribution in [3.8, 4) is 16.8 Å². The molecule has 0 spiro atoms. The Hall–Kier alpha value is -1.31. The third-order valence-electron chi connectivity index (χ3n) is 1.95. The van der Waals surface area contributed by atoms with Crippen LogP contribution in [0.5, 0.6) is 0 Å². The van der Waals surface area contributed by atoms with Crippen molar-refractivity contribution >= 4 is 22.9 Å². The first kappa shape index (κ1) is 10.2. The smallest absolute Gasteiger partial charge is 0.150 e. The highest BCUT2D eigenvalue weighted by molar-refractivity contribution is 7.13. The number of thiophene rings is 1. The number of rotatable bonds is 3. The maximum atomic E-state index is 8.64. The molecule has 0 amide bonds. The highest BCUT2D eigenvalue weighted by Gasteiger charge is 2.10. The number of hydrogen-bond donors (Lipinski definition) is 0. The summed E-state index contributed by atoms with van der Waals surface area (Å²) in [6.07, 6.45) is 3.55. The Labute approximate surface area is 96.6 Å². The van der Waals surface area contributed by atoms with Crippen LogP contribution in [0.1, 0.15) is 0 Å². The molecule has 0 aromatic carbocycles. The molecular formula is C10H8ClN3S. The van der Waals surface area contributed by atoms with E-state index in [1.807, 2.05) is 34.3 Å². The van der Waals surface area contributed by atoms with Crippen molar-refractivity contribution in [3.63, 3.8) is 0 Å². The standard InChI is InChI=1S/C10H8ClN3S/c11-8(6-12)7-14-4-3-13-10(14)9-2-1-5-15-9/h1-5,8H,7H2. The summed E-state index contributed by atoms with van der Waals surface area (Å²) in [6, 6.07) is 5.97. The molecule has 0 fully saturated rings. The van der Waals surface area contributed by atoms with Crippen molar-refractivity contribution in [1.82, 2.24) is 9.55 Å². The lowest BCUT2D eigenvalue weighted by atomic mass is 10.4. The van der Waals surface area contributed by atoms with Crippen molar-refractivity contribution in [2.24, 2.45) is 0 Å². The largest absolute Gasteiger partial charge is 0.328 e. The molecule has 0 aliphatic carbocycles. The Morgan fingerprint density at radius 1 is 1.67 bits per heavy atom. The first-order valence-electron chi connectivity index (χ1n) is 4.40. The fourth-order valence-corrected chi connectivity index (χ4v) is 2.19. The Balaban J connectivity index is 2.27. The fraction of sp³-hybridized carbons (Fsp3) is 0.200. The first-order valence-corrected chi connectivity index (χ1v) is 5.71. The number of nitrogens with zero attached hydrogens (tertiary/aromatic N) is 3. The van der Waals surface area contributed by atoms with Crippen LogP contribution in [0, 0.1) is 11.3 Å². The summed E-state index contributed by atoms with van der Waals surface area (Å²) >= 11 is 7.40. The maximum Gasteiger partial charge on any atom is 0.150 e. The lowest BCUT2D eigenvalue weighted by Crippen LogP contribution is -2.08. The summed E-state index contributed by atoms with van der Waals surface area (Å²) in [4.78, 5) is 5.34. The molecule has 2 rings (SSSR count). The number of aromatic nitrogens is 2. The van der Waals surface area contributed by atoms with Gasteiger partial charge in [-0.15, -0.1) is 22.9 Å². The number of hydrogen-bond acceptors (Lipinski definition) is 3. The minimum atomic E-state index is -0.516. The summed E-state index contributed by atoms with van der Waals surface area (Å²) in [7, 11) is 0. The van der Waals surface area contributed by atoms with Gasteiger partial charge in [0.1, 0.15) is 11.2 Å². The van der Waals surface area contributed by atoms with E-state index in [1.54, 1.807) is 17.5 Å². The lowest BCUT2D eigenvalue weighted by molar-refractivity contribution is 0.729. The molecule has 76 valence electrons. The number of alkyl halides is 1. The third-order valence-corrected chi connectivity index (χ3v) is 3.06. The molecule has 0 aliphatic rings. The van der Waals surface area contributed by atoms with Crippen molar-refractivity contribution in [2.45, 2.75) is 11.9 Å². The summed E-state index contributed by atoms with van der Waals surface area (Å²) in [5.74, 6) is 0.867. The Bertz CT molecular complexity index is 469. The van der Waals surface area contributed by atoms with Crippen LogP contribution in [0.2, 0.25) is 0 Å². The van der Waals surface area contributed by atoms with Crippen molar-refractivity contribution in [2.75, 3.05) is 0 Å². The summed E-state index contributed by atoms with van der Waals surface area (Å²) in [6.45, 7) is 0.464. The average molecular weight is 238 g/mol. The molecule has 0 N–H and O–H groups in total. The molecule has 5 heteroatoms. The molecule has 1 unspecified atom stereocenters. The molecule has 2 heterocycles. The van der Waals surface area contributed by atoms with E-state index >= 15 is 0 Å². The molecule has 0 saturated carbocycles. The summed E-state index contributed by atoms with van der Waals surface area (Å²) in [5.41, 5.74) is 0. The molecule has 2 aromatic heterocycles. The van der Waals surface area contributed by atoms with E-state index < -0.39 is 5.38 Å². The maximum absolute atomic E-state index is 8.64. The number of imidazole rings is 1. The minimum absolute atomic E-state index is 0.464. The van der Waals surface area contributed by atoms with E-state index in [0.717, 1.165) is 10.7 Å². The predicted molar refractivity (Wildman–Crippen MR) is 60.8 cm³/mol. The first-order chi connectivity index (χ1) is 7.31. The van der Waals surface area contributed by atoms with Gasteiger partial charge >= 0.3 is 0 Å². The van der Waals surface area contributed by atoms with E-state index in [4.69, 9.17) is 16.9 Å². The zero-order valence-corrected chi connectivity index (χ0v) is 9.37. The van der Waals surface area contributed by atoms with Gasteiger partial charge in [-0.05, 0) is 11.4 Å². The van der Waals surface area contributed by atoms with E-state index in [9.17, 15) is 0 Å². The van der Waals surface area contributed by atoms with Gasteiger partial charge in [-0.1, -0.05) is 6.07 Å². The van der Waals surface area contributed by atoms with Crippen LogP contribution in [0.25, 0.3) is 10.7 Å². The van der Waals surface area contributed by atoms with Crippen molar-refractivity contribution in [3.05, 3.63) is 29.9 Å². The minimum Gasteiger partial charge on any atom is -0.328 e. The molecule has 0 bridgehead atoms. The van der Waals surface area contributed by atoms with Crippen molar-refractivity contribution in [1.29, 1.82) is 5.26 Å². The van der Waals surface area contributed by atoms with Gasteiger partial charge in [0.25, 0.3) is 0 Å². The fourth-order valence-electron chi connectivity index (χ4n) is 1.30. The molecular weight excluding hydrogens is 230 g/mol. The van der Waals surface area contributed by atoms with Crippen LogP contribution in [0.15, 0.2) is 29.9 Å². The van der Waals surface area contributed by atoms with E-state index in [-0.39, 0.29) is 0 Å².